The summed E-state index contributed by atoms with van der Waals surface area (Å²) in [6, 6.07) is 3.71. The number of carboxylic acid groups (broad SMARTS) is 1. The molecule has 0 aliphatic carbocycles. The summed E-state index contributed by atoms with van der Waals surface area (Å²) < 4.78 is 12.7. The Morgan fingerprint density at radius 1 is 1.38 bits per heavy atom. The molecule has 0 amide bonds. The number of ether oxygens (including phenoxy) is 2. The topological polar surface area (TPSA) is 76.8 Å². The number of carboxylic acids is 1. The lowest BCUT2D eigenvalue weighted by atomic mass is 10.2. The van der Waals surface area contributed by atoms with Gasteiger partial charge in [-0.1, -0.05) is 0 Å². The smallest absolute Gasteiger partial charge is 0.305 e. The molecule has 0 radical (unpaired) electrons. The van der Waals surface area contributed by atoms with Gasteiger partial charge < -0.3 is 24.0 Å². The maximum Gasteiger partial charge on any atom is 0.305 e. The second-order valence-corrected chi connectivity index (χ2v) is 5.26. The molecule has 1 aliphatic heterocycles. The molecule has 1 aromatic heterocycles. The highest BCUT2D eigenvalue weighted by molar-refractivity contribution is 5.81. The van der Waals surface area contributed by atoms with Crippen molar-refractivity contribution in [2.75, 3.05) is 20.9 Å². The third-order valence-corrected chi connectivity index (χ3v) is 3.33. The van der Waals surface area contributed by atoms with Gasteiger partial charge in [0.05, 0.1) is 24.0 Å². The van der Waals surface area contributed by atoms with Crippen molar-refractivity contribution in [1.82, 2.24) is 14.5 Å². The van der Waals surface area contributed by atoms with Crippen molar-refractivity contribution in [2.45, 2.75) is 19.5 Å². The van der Waals surface area contributed by atoms with Gasteiger partial charge in [0, 0.05) is 18.7 Å². The van der Waals surface area contributed by atoms with Crippen molar-refractivity contribution < 1.29 is 19.4 Å². The molecule has 7 nitrogen and oxygen atoms in total. The quantitative estimate of drug-likeness (QED) is 0.895. The van der Waals surface area contributed by atoms with E-state index in [4.69, 9.17) is 14.6 Å². The summed E-state index contributed by atoms with van der Waals surface area (Å²) in [6.07, 6.45) is 0.0559. The number of fused-ring (bicyclic) bond motifs is 2. The van der Waals surface area contributed by atoms with Gasteiger partial charge in [-0.05, 0) is 14.1 Å². The molecular formula is C14H17N3O4. The summed E-state index contributed by atoms with van der Waals surface area (Å²) in [5, 5.41) is 8.92. The van der Waals surface area contributed by atoms with Gasteiger partial charge in [-0.15, -0.1) is 0 Å². The first-order chi connectivity index (χ1) is 10.0. The number of aromatic nitrogens is 2. The lowest BCUT2D eigenvalue weighted by Gasteiger charge is -2.12. The van der Waals surface area contributed by atoms with Crippen LogP contribution in [-0.4, -0.2) is 46.4 Å². The highest BCUT2D eigenvalue weighted by atomic mass is 16.7. The minimum atomic E-state index is -0.826. The number of hydrogen-bond donors (Lipinski definition) is 1. The Kier molecular flexibility index (Phi) is 3.42. The molecule has 0 bridgehead atoms. The Balaban J connectivity index is 2.06. The summed E-state index contributed by atoms with van der Waals surface area (Å²) in [4.78, 5) is 17.5. The molecule has 0 atom stereocenters. The van der Waals surface area contributed by atoms with E-state index in [2.05, 4.69) is 4.98 Å². The van der Waals surface area contributed by atoms with E-state index in [0.29, 0.717) is 24.6 Å². The molecular weight excluding hydrogens is 274 g/mol. The average Bonchev–Trinajstić information content (AvgIpc) is 2.96. The number of hydrogen-bond acceptors (Lipinski definition) is 5. The van der Waals surface area contributed by atoms with Crippen molar-refractivity contribution in [1.29, 1.82) is 0 Å². The third-order valence-electron chi connectivity index (χ3n) is 3.33. The number of carbonyl (C=O) groups is 1. The van der Waals surface area contributed by atoms with Crippen LogP contribution in [0.5, 0.6) is 11.5 Å². The van der Waals surface area contributed by atoms with Crippen molar-refractivity contribution in [3.63, 3.8) is 0 Å². The van der Waals surface area contributed by atoms with Crippen LogP contribution in [-0.2, 0) is 17.9 Å². The van der Waals surface area contributed by atoms with E-state index < -0.39 is 5.97 Å². The molecule has 0 saturated heterocycles. The Bertz CT molecular complexity index is 693. The molecule has 3 rings (SSSR count). The SMILES string of the molecule is CN(C)Cc1nc2cc3c(cc2n1CCC(=O)O)OCO3. The summed E-state index contributed by atoms with van der Waals surface area (Å²) >= 11 is 0. The maximum absolute atomic E-state index is 10.9. The highest BCUT2D eigenvalue weighted by Crippen LogP contribution is 2.36. The fraction of sp³-hybridized carbons (Fsp3) is 0.429. The fourth-order valence-electron chi connectivity index (χ4n) is 2.43. The number of aliphatic carboxylic acids is 1. The van der Waals surface area contributed by atoms with Gasteiger partial charge in [-0.25, -0.2) is 4.98 Å². The zero-order valence-electron chi connectivity index (χ0n) is 12.0. The molecule has 21 heavy (non-hydrogen) atoms. The Morgan fingerprint density at radius 2 is 2.10 bits per heavy atom. The number of aryl methyl sites for hydroxylation is 1. The normalized spacial score (nSPS) is 13.3. The van der Waals surface area contributed by atoms with Gasteiger partial charge in [-0.3, -0.25) is 4.79 Å². The Morgan fingerprint density at radius 3 is 2.76 bits per heavy atom. The third kappa shape index (κ3) is 2.64. The molecule has 1 aliphatic rings. The first-order valence-electron chi connectivity index (χ1n) is 6.70. The summed E-state index contributed by atoms with van der Waals surface area (Å²) in [5.41, 5.74) is 1.67. The lowest BCUT2D eigenvalue weighted by molar-refractivity contribution is -0.137. The largest absolute Gasteiger partial charge is 0.481 e. The number of rotatable bonds is 5. The van der Waals surface area contributed by atoms with Crippen molar-refractivity contribution in [3.8, 4) is 11.5 Å². The van der Waals surface area contributed by atoms with E-state index in [1.807, 2.05) is 35.7 Å². The summed E-state index contributed by atoms with van der Waals surface area (Å²) in [5.74, 6) is 1.37. The van der Waals surface area contributed by atoms with E-state index in [0.717, 1.165) is 16.9 Å². The van der Waals surface area contributed by atoms with E-state index in [-0.39, 0.29) is 13.2 Å². The van der Waals surface area contributed by atoms with Gasteiger partial charge >= 0.3 is 5.97 Å². The predicted molar refractivity (Wildman–Crippen MR) is 75.5 cm³/mol. The predicted octanol–water partition coefficient (Wildman–Crippen LogP) is 1.30. The standard InChI is InChI=1S/C14H17N3O4/c1-16(2)7-13-15-9-5-11-12(21-8-20-11)6-10(9)17(13)4-3-14(18)19/h5-6H,3-4,7-8H2,1-2H3,(H,18,19). The van der Waals surface area contributed by atoms with Crippen LogP contribution in [0.15, 0.2) is 12.1 Å². The van der Waals surface area contributed by atoms with Crippen LogP contribution in [0.25, 0.3) is 11.0 Å². The van der Waals surface area contributed by atoms with Crippen LogP contribution in [0.2, 0.25) is 0 Å². The molecule has 112 valence electrons. The van der Waals surface area contributed by atoms with Gasteiger partial charge in [0.2, 0.25) is 6.79 Å². The number of benzene rings is 1. The van der Waals surface area contributed by atoms with Crippen LogP contribution in [0.1, 0.15) is 12.2 Å². The summed E-state index contributed by atoms with van der Waals surface area (Å²) in [7, 11) is 3.90. The molecule has 7 heteroatoms. The number of imidazole rings is 1. The van der Waals surface area contributed by atoms with E-state index >= 15 is 0 Å². The molecule has 0 unspecified atom stereocenters. The molecule has 0 fully saturated rings. The minimum absolute atomic E-state index is 0.0559. The molecule has 1 aromatic carbocycles. The van der Waals surface area contributed by atoms with Gasteiger partial charge in [0.25, 0.3) is 0 Å². The van der Waals surface area contributed by atoms with Crippen LogP contribution in [0, 0.1) is 0 Å². The zero-order chi connectivity index (χ0) is 15.0. The minimum Gasteiger partial charge on any atom is -0.481 e. The monoisotopic (exact) mass is 291 g/mol. The Hall–Kier alpha value is -2.28. The van der Waals surface area contributed by atoms with Gasteiger partial charge in [0.1, 0.15) is 5.82 Å². The van der Waals surface area contributed by atoms with Crippen LogP contribution >= 0.6 is 0 Å². The van der Waals surface area contributed by atoms with E-state index in [1.165, 1.54) is 0 Å². The Labute approximate surface area is 121 Å². The zero-order valence-corrected chi connectivity index (χ0v) is 12.0. The summed E-state index contributed by atoms with van der Waals surface area (Å²) in [6.45, 7) is 1.23. The fourth-order valence-corrected chi connectivity index (χ4v) is 2.43. The highest BCUT2D eigenvalue weighted by Gasteiger charge is 2.19. The number of nitrogens with zero attached hydrogens (tertiary/aromatic N) is 3. The maximum atomic E-state index is 10.9. The van der Waals surface area contributed by atoms with Crippen LogP contribution < -0.4 is 9.47 Å². The second-order valence-electron chi connectivity index (χ2n) is 5.26. The van der Waals surface area contributed by atoms with E-state index in [9.17, 15) is 4.79 Å². The van der Waals surface area contributed by atoms with Crippen LogP contribution in [0.4, 0.5) is 0 Å². The lowest BCUT2D eigenvalue weighted by Crippen LogP contribution is -2.16. The second kappa shape index (κ2) is 5.25. The van der Waals surface area contributed by atoms with E-state index in [1.54, 1.807) is 0 Å². The molecule has 0 spiro atoms. The van der Waals surface area contributed by atoms with Crippen molar-refractivity contribution in [2.24, 2.45) is 0 Å². The first kappa shape index (κ1) is 13.7. The average molecular weight is 291 g/mol. The van der Waals surface area contributed by atoms with Crippen molar-refractivity contribution in [3.05, 3.63) is 18.0 Å². The first-order valence-corrected chi connectivity index (χ1v) is 6.70. The van der Waals surface area contributed by atoms with Gasteiger partial charge in [0.15, 0.2) is 11.5 Å². The van der Waals surface area contributed by atoms with Crippen molar-refractivity contribution >= 4 is 17.0 Å². The van der Waals surface area contributed by atoms with Gasteiger partial charge in [-0.2, -0.15) is 0 Å². The molecule has 2 aromatic rings. The molecule has 2 heterocycles. The van der Waals surface area contributed by atoms with Crippen LogP contribution in [0.3, 0.4) is 0 Å². The molecule has 0 saturated carbocycles. The molecule has 1 N–H and O–H groups in total.